The Bertz CT molecular complexity index is 1570. The van der Waals surface area contributed by atoms with Crippen LogP contribution in [0.4, 0.5) is 4.39 Å². The predicted molar refractivity (Wildman–Crippen MR) is 119 cm³/mol. The number of aromatic amines is 1. The standard InChI is InChI=1S/C24H17FN4O3/c25-16-7-4-8-17(11-16)28-13-21(15-5-2-1-3-6-15)20-12-18(9-10-19(20)23(28)31)29-24(32)26-22(14-30)27-29/h1-13,30H,14H2,(H,26,27,32). The van der Waals surface area contributed by atoms with Gasteiger partial charge >= 0.3 is 5.69 Å². The molecule has 158 valence electrons. The molecule has 2 N–H and O–H groups in total. The molecular formula is C24H17FN4O3. The molecule has 5 rings (SSSR count). The minimum absolute atomic E-state index is 0.139. The van der Waals surface area contributed by atoms with Crippen LogP contribution in [0.1, 0.15) is 5.82 Å². The van der Waals surface area contributed by atoms with Crippen LogP contribution in [0.15, 0.2) is 88.6 Å². The van der Waals surface area contributed by atoms with Crippen molar-refractivity contribution in [3.8, 4) is 22.5 Å². The molecule has 0 radical (unpaired) electrons. The van der Waals surface area contributed by atoms with Gasteiger partial charge in [-0.25, -0.2) is 9.18 Å². The smallest absolute Gasteiger partial charge is 0.348 e. The van der Waals surface area contributed by atoms with Gasteiger partial charge in [-0.2, -0.15) is 4.68 Å². The average Bonchev–Trinajstić information content (AvgIpc) is 3.20. The molecule has 8 heteroatoms. The van der Waals surface area contributed by atoms with Crippen LogP contribution >= 0.6 is 0 Å². The lowest BCUT2D eigenvalue weighted by Gasteiger charge is -2.14. The van der Waals surface area contributed by atoms with Gasteiger partial charge in [-0.3, -0.25) is 14.3 Å². The molecule has 0 aliphatic carbocycles. The van der Waals surface area contributed by atoms with Gasteiger partial charge in [0.15, 0.2) is 5.82 Å². The first-order chi connectivity index (χ1) is 15.5. The summed E-state index contributed by atoms with van der Waals surface area (Å²) >= 11 is 0. The number of nitrogens with zero attached hydrogens (tertiary/aromatic N) is 3. The van der Waals surface area contributed by atoms with Crippen LogP contribution in [-0.4, -0.2) is 24.4 Å². The molecule has 0 saturated heterocycles. The van der Waals surface area contributed by atoms with Crippen molar-refractivity contribution in [2.45, 2.75) is 6.61 Å². The summed E-state index contributed by atoms with van der Waals surface area (Å²) in [6, 6.07) is 20.2. The van der Waals surface area contributed by atoms with Crippen molar-refractivity contribution >= 4 is 10.8 Å². The van der Waals surface area contributed by atoms with E-state index in [0.717, 1.165) is 15.8 Å². The van der Waals surface area contributed by atoms with Crippen LogP contribution in [0, 0.1) is 5.82 Å². The van der Waals surface area contributed by atoms with Gasteiger partial charge in [0.05, 0.1) is 11.4 Å². The molecule has 0 bridgehead atoms. The lowest BCUT2D eigenvalue weighted by atomic mass is 10.00. The summed E-state index contributed by atoms with van der Waals surface area (Å²) in [5.41, 5.74) is 1.63. The van der Waals surface area contributed by atoms with Crippen LogP contribution in [0.2, 0.25) is 0 Å². The van der Waals surface area contributed by atoms with Crippen molar-refractivity contribution in [3.63, 3.8) is 0 Å². The number of fused-ring (bicyclic) bond motifs is 1. The molecule has 0 fully saturated rings. The van der Waals surface area contributed by atoms with E-state index in [-0.39, 0.29) is 11.4 Å². The van der Waals surface area contributed by atoms with Crippen molar-refractivity contribution in [2.24, 2.45) is 0 Å². The van der Waals surface area contributed by atoms with Crippen molar-refractivity contribution in [1.29, 1.82) is 0 Å². The molecule has 7 nitrogen and oxygen atoms in total. The van der Waals surface area contributed by atoms with E-state index in [9.17, 15) is 19.1 Å². The molecule has 0 unspecified atom stereocenters. The summed E-state index contributed by atoms with van der Waals surface area (Å²) in [6.07, 6.45) is 1.67. The highest BCUT2D eigenvalue weighted by Crippen LogP contribution is 2.29. The Morgan fingerprint density at radius 1 is 0.906 bits per heavy atom. The molecule has 0 aliphatic rings. The summed E-state index contributed by atoms with van der Waals surface area (Å²) < 4.78 is 16.4. The predicted octanol–water partition coefficient (Wildman–Crippen LogP) is 3.16. The van der Waals surface area contributed by atoms with Crippen molar-refractivity contribution in [3.05, 3.63) is 111 Å². The SMILES string of the molecule is O=c1c2ccc(-n3nc(CO)[nH]c3=O)cc2c(-c2ccccc2)cn1-c1cccc(F)c1. The average molecular weight is 428 g/mol. The third-order valence-electron chi connectivity index (χ3n) is 5.23. The molecule has 0 saturated carbocycles. The molecule has 3 aromatic carbocycles. The lowest BCUT2D eigenvalue weighted by molar-refractivity contribution is 0.271. The fourth-order valence-electron chi connectivity index (χ4n) is 3.74. The zero-order valence-electron chi connectivity index (χ0n) is 16.7. The number of H-pyrrole nitrogens is 1. The van der Waals surface area contributed by atoms with E-state index in [1.54, 1.807) is 36.5 Å². The molecule has 32 heavy (non-hydrogen) atoms. The Hall–Kier alpha value is -4.30. The second kappa shape index (κ2) is 7.75. The summed E-state index contributed by atoms with van der Waals surface area (Å²) in [5.74, 6) is -0.302. The molecule has 2 aromatic heterocycles. The Balaban J connectivity index is 1.82. The van der Waals surface area contributed by atoms with Gasteiger partial charge < -0.3 is 5.11 Å². The maximum absolute atomic E-state index is 13.9. The number of halogens is 1. The monoisotopic (exact) mass is 428 g/mol. The van der Waals surface area contributed by atoms with Crippen molar-refractivity contribution in [2.75, 3.05) is 0 Å². The number of rotatable bonds is 4. The Labute approximate surface area is 180 Å². The van der Waals surface area contributed by atoms with Crippen molar-refractivity contribution in [1.82, 2.24) is 19.3 Å². The van der Waals surface area contributed by atoms with Crippen LogP contribution in [0.25, 0.3) is 33.3 Å². The highest BCUT2D eigenvalue weighted by atomic mass is 19.1. The fourth-order valence-corrected chi connectivity index (χ4v) is 3.74. The maximum Gasteiger partial charge on any atom is 0.348 e. The minimum atomic E-state index is -0.497. The number of benzene rings is 3. The topological polar surface area (TPSA) is 92.9 Å². The second-order valence-corrected chi connectivity index (χ2v) is 7.24. The normalized spacial score (nSPS) is 11.2. The summed E-state index contributed by atoms with van der Waals surface area (Å²) in [4.78, 5) is 28.0. The first-order valence-corrected chi connectivity index (χ1v) is 9.85. The van der Waals surface area contributed by atoms with Gasteiger partial charge in [0, 0.05) is 17.1 Å². The van der Waals surface area contributed by atoms with Gasteiger partial charge in [-0.15, -0.1) is 5.10 Å². The molecule has 2 heterocycles. The third kappa shape index (κ3) is 3.32. The Kier molecular flexibility index (Phi) is 4.76. The first kappa shape index (κ1) is 19.7. The maximum atomic E-state index is 13.9. The van der Waals surface area contributed by atoms with Gasteiger partial charge in [0.2, 0.25) is 0 Å². The summed E-state index contributed by atoms with van der Waals surface area (Å²) in [7, 11) is 0. The van der Waals surface area contributed by atoms with Crippen LogP contribution in [0.5, 0.6) is 0 Å². The zero-order chi connectivity index (χ0) is 22.2. The van der Waals surface area contributed by atoms with E-state index < -0.39 is 18.1 Å². The first-order valence-electron chi connectivity index (χ1n) is 9.85. The molecule has 0 amide bonds. The second-order valence-electron chi connectivity index (χ2n) is 7.24. The van der Waals surface area contributed by atoms with Crippen molar-refractivity contribution < 1.29 is 9.50 Å². The Morgan fingerprint density at radius 3 is 2.44 bits per heavy atom. The van der Waals surface area contributed by atoms with E-state index in [4.69, 9.17) is 0 Å². The number of aromatic nitrogens is 4. The number of hydrogen-bond acceptors (Lipinski definition) is 4. The largest absolute Gasteiger partial charge is 0.388 e. The summed E-state index contributed by atoms with van der Waals surface area (Å²) in [6.45, 7) is -0.399. The van der Waals surface area contributed by atoms with Crippen LogP contribution < -0.4 is 11.2 Å². The molecule has 0 atom stereocenters. The Morgan fingerprint density at radius 2 is 1.72 bits per heavy atom. The fraction of sp³-hybridized carbons (Fsp3) is 0.0417. The van der Waals surface area contributed by atoms with E-state index >= 15 is 0 Å². The highest BCUT2D eigenvalue weighted by molar-refractivity contribution is 5.97. The summed E-state index contributed by atoms with van der Waals surface area (Å²) in [5, 5.41) is 14.4. The number of aliphatic hydroxyl groups is 1. The van der Waals surface area contributed by atoms with E-state index in [1.807, 2.05) is 30.3 Å². The van der Waals surface area contributed by atoms with E-state index in [1.165, 1.54) is 16.7 Å². The zero-order valence-corrected chi connectivity index (χ0v) is 16.7. The molecule has 5 aromatic rings. The van der Waals surface area contributed by atoms with Gasteiger partial charge in [0.25, 0.3) is 5.56 Å². The minimum Gasteiger partial charge on any atom is -0.388 e. The van der Waals surface area contributed by atoms with Gasteiger partial charge in [-0.05, 0) is 47.3 Å². The number of pyridine rings is 1. The molecule has 0 spiro atoms. The molecular weight excluding hydrogens is 411 g/mol. The van der Waals surface area contributed by atoms with E-state index in [0.29, 0.717) is 22.1 Å². The van der Waals surface area contributed by atoms with Crippen LogP contribution in [0.3, 0.4) is 0 Å². The number of hydrogen-bond donors (Lipinski definition) is 2. The molecule has 0 aliphatic heterocycles. The van der Waals surface area contributed by atoms with Crippen LogP contribution in [-0.2, 0) is 6.61 Å². The number of nitrogens with one attached hydrogen (secondary N) is 1. The van der Waals surface area contributed by atoms with E-state index in [2.05, 4.69) is 10.1 Å². The quantitative estimate of drug-likeness (QED) is 0.460. The van der Waals surface area contributed by atoms with Gasteiger partial charge in [-0.1, -0.05) is 36.4 Å². The highest BCUT2D eigenvalue weighted by Gasteiger charge is 2.15. The number of aliphatic hydroxyl groups excluding tert-OH is 1. The van der Waals surface area contributed by atoms with Gasteiger partial charge in [0.1, 0.15) is 12.4 Å². The lowest BCUT2D eigenvalue weighted by Crippen LogP contribution is -2.20. The third-order valence-corrected chi connectivity index (χ3v) is 5.23.